The molecule has 0 aliphatic rings. The van der Waals surface area contributed by atoms with E-state index in [4.69, 9.17) is 23.2 Å². The number of halogens is 8. The van der Waals surface area contributed by atoms with E-state index in [2.05, 4.69) is 0 Å². The van der Waals surface area contributed by atoms with Gasteiger partial charge in [0.15, 0.2) is 34.9 Å². The summed E-state index contributed by atoms with van der Waals surface area (Å²) in [6.07, 6.45) is 0. The molecule has 2 aromatic carbocycles. The third kappa shape index (κ3) is 4.97. The van der Waals surface area contributed by atoms with Gasteiger partial charge in [-0.15, -0.1) is 0 Å². The highest BCUT2D eigenvalue weighted by molar-refractivity contribution is 6.68. The second kappa shape index (κ2) is 8.16. The first-order valence-electron chi connectivity index (χ1n) is 5.73. The first kappa shape index (κ1) is 20.0. The second-order valence-corrected chi connectivity index (χ2v) is 4.74. The molecular formula is C14H4Cl2F6O2. The molecule has 0 unspecified atom stereocenters. The molecule has 128 valence electrons. The van der Waals surface area contributed by atoms with Crippen LogP contribution in [-0.2, 0) is 0 Å². The summed E-state index contributed by atoms with van der Waals surface area (Å²) in [4.78, 5) is 20.7. The van der Waals surface area contributed by atoms with Crippen LogP contribution in [0.25, 0.3) is 0 Å². The zero-order valence-electron chi connectivity index (χ0n) is 11.1. The van der Waals surface area contributed by atoms with Gasteiger partial charge < -0.3 is 0 Å². The van der Waals surface area contributed by atoms with E-state index in [1.165, 1.54) is 0 Å². The Hall–Kier alpha value is -2.06. The third-order valence-electron chi connectivity index (χ3n) is 2.42. The van der Waals surface area contributed by atoms with Gasteiger partial charge >= 0.3 is 0 Å². The fourth-order valence-electron chi connectivity index (χ4n) is 1.34. The molecular weight excluding hydrogens is 385 g/mol. The monoisotopic (exact) mass is 388 g/mol. The van der Waals surface area contributed by atoms with Crippen molar-refractivity contribution < 1.29 is 35.9 Å². The maximum Gasteiger partial charge on any atom is 0.252 e. The van der Waals surface area contributed by atoms with Gasteiger partial charge in [0.2, 0.25) is 0 Å². The molecule has 0 aromatic heterocycles. The van der Waals surface area contributed by atoms with Crippen LogP contribution in [0.3, 0.4) is 0 Å². The van der Waals surface area contributed by atoms with Crippen LogP contribution < -0.4 is 0 Å². The van der Waals surface area contributed by atoms with Gasteiger partial charge in [0, 0.05) is 11.1 Å². The van der Waals surface area contributed by atoms with Crippen molar-refractivity contribution in [3.8, 4) is 0 Å². The Kier molecular flexibility index (Phi) is 6.80. The normalized spacial score (nSPS) is 10.0. The van der Waals surface area contributed by atoms with Crippen molar-refractivity contribution in [3.05, 3.63) is 70.3 Å². The van der Waals surface area contributed by atoms with E-state index in [0.29, 0.717) is 24.3 Å². The molecule has 0 N–H and O–H groups in total. The SMILES string of the molecule is O=C(Cl)c1cc(F)c(F)c(F)c1.O=C(Cl)c1cc(F)c(F)c(F)c1. The van der Waals surface area contributed by atoms with Gasteiger partial charge in [-0.3, -0.25) is 9.59 Å². The van der Waals surface area contributed by atoms with E-state index in [1.807, 2.05) is 0 Å². The average molecular weight is 389 g/mol. The van der Waals surface area contributed by atoms with Gasteiger partial charge in [0.1, 0.15) is 0 Å². The first-order chi connectivity index (χ1) is 11.0. The summed E-state index contributed by atoms with van der Waals surface area (Å²) < 4.78 is 74.0. The fourth-order valence-corrected chi connectivity index (χ4v) is 1.56. The van der Waals surface area contributed by atoms with Gasteiger partial charge in [-0.1, -0.05) is 0 Å². The van der Waals surface area contributed by atoms with E-state index < -0.39 is 56.5 Å². The molecule has 0 saturated heterocycles. The van der Waals surface area contributed by atoms with Crippen LogP contribution >= 0.6 is 23.2 Å². The van der Waals surface area contributed by atoms with E-state index >= 15 is 0 Å². The quantitative estimate of drug-likeness (QED) is 0.413. The molecule has 0 fully saturated rings. The van der Waals surface area contributed by atoms with E-state index in [0.717, 1.165) is 0 Å². The van der Waals surface area contributed by atoms with Crippen LogP contribution in [-0.4, -0.2) is 10.5 Å². The van der Waals surface area contributed by atoms with Crippen LogP contribution in [0, 0.1) is 34.9 Å². The summed E-state index contributed by atoms with van der Waals surface area (Å²) in [6, 6.07) is 2.14. The standard InChI is InChI=1S/2C7H2ClF3O/c2*8-7(12)3-1-4(9)6(11)5(10)2-3/h2*1-2H. The molecule has 0 atom stereocenters. The molecule has 2 rings (SSSR count). The molecule has 0 aliphatic heterocycles. The average Bonchev–Trinajstić information content (AvgIpc) is 2.49. The fraction of sp³-hybridized carbons (Fsp3) is 0. The molecule has 2 aromatic rings. The highest BCUT2D eigenvalue weighted by Gasteiger charge is 2.14. The maximum absolute atomic E-state index is 12.4. The predicted octanol–water partition coefficient (Wildman–Crippen LogP) is 4.97. The molecule has 2 nitrogen and oxygen atoms in total. The first-order valence-corrected chi connectivity index (χ1v) is 6.49. The number of benzene rings is 2. The zero-order chi connectivity index (χ0) is 18.6. The predicted molar refractivity (Wildman–Crippen MR) is 73.0 cm³/mol. The topological polar surface area (TPSA) is 34.1 Å². The Morgan fingerprint density at radius 2 is 0.792 bits per heavy atom. The molecule has 0 heterocycles. The lowest BCUT2D eigenvalue weighted by Crippen LogP contribution is -1.96. The third-order valence-corrected chi connectivity index (χ3v) is 2.86. The lowest BCUT2D eigenvalue weighted by Gasteiger charge is -1.96. The Bertz CT molecular complexity index is 696. The summed E-state index contributed by atoms with van der Waals surface area (Å²) in [5, 5.41) is -2.07. The highest BCUT2D eigenvalue weighted by atomic mass is 35.5. The van der Waals surface area contributed by atoms with Crippen LogP contribution in [0.15, 0.2) is 24.3 Å². The van der Waals surface area contributed by atoms with Crippen molar-refractivity contribution in [1.82, 2.24) is 0 Å². The Morgan fingerprint density at radius 3 is 0.958 bits per heavy atom. The van der Waals surface area contributed by atoms with E-state index in [9.17, 15) is 35.9 Å². The summed E-state index contributed by atoms with van der Waals surface area (Å²) in [7, 11) is 0. The molecule has 0 radical (unpaired) electrons. The highest BCUT2D eigenvalue weighted by Crippen LogP contribution is 2.15. The van der Waals surface area contributed by atoms with Gasteiger partial charge in [-0.05, 0) is 47.5 Å². The van der Waals surface area contributed by atoms with Crippen molar-refractivity contribution >= 4 is 33.7 Å². The smallest absolute Gasteiger partial charge is 0.252 e. The van der Waals surface area contributed by atoms with Crippen molar-refractivity contribution in [2.75, 3.05) is 0 Å². The minimum absolute atomic E-state index is 0.409. The lowest BCUT2D eigenvalue weighted by molar-refractivity contribution is 0.107. The second-order valence-electron chi connectivity index (χ2n) is 4.06. The molecule has 0 bridgehead atoms. The largest absolute Gasteiger partial charge is 0.276 e. The maximum atomic E-state index is 12.4. The van der Waals surface area contributed by atoms with Crippen LogP contribution in [0.2, 0.25) is 0 Å². The summed E-state index contributed by atoms with van der Waals surface area (Å²) in [6.45, 7) is 0. The lowest BCUT2D eigenvalue weighted by atomic mass is 10.2. The minimum atomic E-state index is -1.61. The minimum Gasteiger partial charge on any atom is -0.276 e. The van der Waals surface area contributed by atoms with Crippen molar-refractivity contribution in [3.63, 3.8) is 0 Å². The molecule has 0 spiro atoms. The summed E-state index contributed by atoms with van der Waals surface area (Å²) in [5.41, 5.74) is -0.818. The molecule has 24 heavy (non-hydrogen) atoms. The number of carbonyl (C=O) groups excluding carboxylic acids is 2. The molecule has 0 amide bonds. The zero-order valence-corrected chi connectivity index (χ0v) is 12.7. The van der Waals surface area contributed by atoms with Crippen LogP contribution in [0.5, 0.6) is 0 Å². The Labute approximate surface area is 140 Å². The number of hydrogen-bond acceptors (Lipinski definition) is 2. The van der Waals surface area contributed by atoms with Crippen LogP contribution in [0.1, 0.15) is 20.7 Å². The van der Waals surface area contributed by atoms with Gasteiger partial charge in [-0.2, -0.15) is 0 Å². The summed E-state index contributed by atoms with van der Waals surface area (Å²) >= 11 is 9.81. The number of rotatable bonds is 2. The Balaban J connectivity index is 0.000000240. The molecule has 0 saturated carbocycles. The number of carbonyl (C=O) groups is 2. The van der Waals surface area contributed by atoms with Crippen LogP contribution in [0.4, 0.5) is 26.3 Å². The van der Waals surface area contributed by atoms with E-state index in [1.54, 1.807) is 0 Å². The number of hydrogen-bond donors (Lipinski definition) is 0. The summed E-state index contributed by atoms with van der Waals surface area (Å²) in [5.74, 6) is -8.95. The van der Waals surface area contributed by atoms with Crippen molar-refractivity contribution in [2.45, 2.75) is 0 Å². The molecule has 10 heteroatoms. The van der Waals surface area contributed by atoms with Crippen molar-refractivity contribution in [1.29, 1.82) is 0 Å². The van der Waals surface area contributed by atoms with Gasteiger partial charge in [0.25, 0.3) is 10.5 Å². The van der Waals surface area contributed by atoms with E-state index in [-0.39, 0.29) is 0 Å². The van der Waals surface area contributed by atoms with Crippen molar-refractivity contribution in [2.24, 2.45) is 0 Å². The van der Waals surface area contributed by atoms with Gasteiger partial charge in [0.05, 0.1) is 0 Å². The van der Waals surface area contributed by atoms with Gasteiger partial charge in [-0.25, -0.2) is 26.3 Å². The Morgan fingerprint density at radius 1 is 0.583 bits per heavy atom. The molecule has 0 aliphatic carbocycles.